The number of nitrogens with zero attached hydrogens (tertiary/aromatic N) is 2. The van der Waals surface area contributed by atoms with Crippen molar-refractivity contribution in [2.45, 2.75) is 6.54 Å². The Hall–Kier alpha value is -0.820. The molecule has 0 bridgehead atoms. The molecule has 1 aliphatic heterocycles. The van der Waals surface area contributed by atoms with Crippen LogP contribution in [0.1, 0.15) is 5.56 Å². The summed E-state index contributed by atoms with van der Waals surface area (Å²) in [6.45, 7) is 4.51. The van der Waals surface area contributed by atoms with E-state index in [1.807, 2.05) is 35.0 Å². The summed E-state index contributed by atoms with van der Waals surface area (Å²) in [5, 5.41) is 3.26. The van der Waals surface area contributed by atoms with Crippen LogP contribution in [0.4, 0.5) is 0 Å². The second kappa shape index (κ2) is 9.35. The summed E-state index contributed by atoms with van der Waals surface area (Å²) in [6.07, 6.45) is 0. The van der Waals surface area contributed by atoms with Crippen LogP contribution in [0, 0.1) is 0 Å². The molecule has 0 saturated carbocycles. The zero-order valence-corrected chi connectivity index (χ0v) is 15.4. The normalized spacial score (nSPS) is 14.6. The van der Waals surface area contributed by atoms with E-state index >= 15 is 0 Å². The van der Waals surface area contributed by atoms with Crippen LogP contribution < -0.4 is 10.1 Å². The maximum absolute atomic E-state index is 12.2. The molecule has 1 aromatic rings. The van der Waals surface area contributed by atoms with Gasteiger partial charge in [-0.2, -0.15) is 0 Å². The number of carbonyl (C=O) groups excluding carboxylic acids is 1. The molecule has 124 valence electrons. The van der Waals surface area contributed by atoms with Crippen LogP contribution in [-0.4, -0.2) is 62.6 Å². The number of rotatable bonds is 5. The lowest BCUT2D eigenvalue weighted by atomic mass is 10.2. The minimum atomic E-state index is 0. The number of ether oxygens (including phenoxy) is 1. The third kappa shape index (κ3) is 5.43. The molecule has 1 fully saturated rings. The molecule has 0 aliphatic carbocycles. The Morgan fingerprint density at radius 1 is 1.41 bits per heavy atom. The molecule has 5 nitrogen and oxygen atoms in total. The maximum Gasteiger partial charge on any atom is 0.236 e. The van der Waals surface area contributed by atoms with Crippen molar-refractivity contribution in [3.05, 3.63) is 28.2 Å². The van der Waals surface area contributed by atoms with Gasteiger partial charge in [-0.15, -0.1) is 12.4 Å². The van der Waals surface area contributed by atoms with Gasteiger partial charge < -0.3 is 15.0 Å². The first-order valence-electron chi connectivity index (χ1n) is 7.09. The predicted molar refractivity (Wildman–Crippen MR) is 93.7 cm³/mol. The SMILES string of the molecule is COc1ccc(Br)c(CN(C)CC(=O)N2CCNCC2)c1.Cl. The Labute approximate surface area is 146 Å². The highest BCUT2D eigenvalue weighted by molar-refractivity contribution is 9.10. The lowest BCUT2D eigenvalue weighted by molar-refractivity contribution is -0.132. The largest absolute Gasteiger partial charge is 0.497 e. The van der Waals surface area contributed by atoms with E-state index in [4.69, 9.17) is 4.74 Å². The van der Waals surface area contributed by atoms with Gasteiger partial charge in [0.2, 0.25) is 5.91 Å². The number of methoxy groups -OCH3 is 1. The third-order valence-electron chi connectivity index (χ3n) is 3.57. The molecule has 22 heavy (non-hydrogen) atoms. The lowest BCUT2D eigenvalue weighted by Gasteiger charge is -2.29. The molecule has 0 aromatic heterocycles. The lowest BCUT2D eigenvalue weighted by Crippen LogP contribution is -2.49. The Balaban J connectivity index is 0.00000242. The fourth-order valence-electron chi connectivity index (χ4n) is 2.39. The summed E-state index contributed by atoms with van der Waals surface area (Å²) in [5.74, 6) is 1.02. The molecule has 1 N–H and O–H groups in total. The number of benzene rings is 1. The summed E-state index contributed by atoms with van der Waals surface area (Å²) < 4.78 is 6.28. The molecule has 0 unspecified atom stereocenters. The monoisotopic (exact) mass is 391 g/mol. The number of hydrogen-bond donors (Lipinski definition) is 1. The molecule has 7 heteroatoms. The highest BCUT2D eigenvalue weighted by Gasteiger charge is 2.18. The van der Waals surface area contributed by atoms with Gasteiger partial charge >= 0.3 is 0 Å². The van der Waals surface area contributed by atoms with Crippen molar-refractivity contribution in [3.63, 3.8) is 0 Å². The highest BCUT2D eigenvalue weighted by Crippen LogP contribution is 2.23. The van der Waals surface area contributed by atoms with Crippen molar-refractivity contribution in [2.24, 2.45) is 0 Å². The van der Waals surface area contributed by atoms with Gasteiger partial charge in [0.15, 0.2) is 0 Å². The Kier molecular flexibility index (Phi) is 8.17. The average Bonchev–Trinajstić information content (AvgIpc) is 2.50. The Morgan fingerprint density at radius 3 is 2.73 bits per heavy atom. The van der Waals surface area contributed by atoms with Gasteiger partial charge in [0, 0.05) is 37.2 Å². The molecule has 1 amide bonds. The Bertz CT molecular complexity index is 496. The van der Waals surface area contributed by atoms with Gasteiger partial charge in [-0.3, -0.25) is 9.69 Å². The third-order valence-corrected chi connectivity index (χ3v) is 4.34. The Morgan fingerprint density at radius 2 is 2.09 bits per heavy atom. The minimum Gasteiger partial charge on any atom is -0.497 e. The fraction of sp³-hybridized carbons (Fsp3) is 0.533. The van der Waals surface area contributed by atoms with Gasteiger partial charge in [-0.05, 0) is 30.8 Å². The van der Waals surface area contributed by atoms with E-state index in [1.165, 1.54) is 0 Å². The number of hydrogen-bond acceptors (Lipinski definition) is 4. The topological polar surface area (TPSA) is 44.8 Å². The molecule has 0 radical (unpaired) electrons. The van der Waals surface area contributed by atoms with Gasteiger partial charge in [0.1, 0.15) is 5.75 Å². The first kappa shape index (κ1) is 19.2. The summed E-state index contributed by atoms with van der Waals surface area (Å²) in [7, 11) is 3.62. The molecule has 1 aliphatic rings. The molecular weight excluding hydrogens is 370 g/mol. The summed E-state index contributed by atoms with van der Waals surface area (Å²) >= 11 is 3.55. The van der Waals surface area contributed by atoms with Crippen molar-refractivity contribution < 1.29 is 9.53 Å². The number of amides is 1. The average molecular weight is 393 g/mol. The van der Waals surface area contributed by atoms with E-state index in [9.17, 15) is 4.79 Å². The van der Waals surface area contributed by atoms with Gasteiger partial charge in [0.25, 0.3) is 0 Å². The van der Waals surface area contributed by atoms with Crippen molar-refractivity contribution in [2.75, 3.05) is 46.9 Å². The van der Waals surface area contributed by atoms with E-state index < -0.39 is 0 Å². The van der Waals surface area contributed by atoms with Crippen LogP contribution in [0.25, 0.3) is 0 Å². The molecule has 2 rings (SSSR count). The summed E-state index contributed by atoms with van der Waals surface area (Å²) in [6, 6.07) is 5.88. The minimum absolute atomic E-state index is 0. The van der Waals surface area contributed by atoms with Crippen molar-refractivity contribution in [3.8, 4) is 5.75 Å². The molecule has 1 saturated heterocycles. The molecule has 1 heterocycles. The van der Waals surface area contributed by atoms with Crippen molar-refractivity contribution in [1.82, 2.24) is 15.1 Å². The first-order chi connectivity index (χ1) is 10.1. The zero-order valence-electron chi connectivity index (χ0n) is 13.0. The first-order valence-corrected chi connectivity index (χ1v) is 7.89. The van der Waals surface area contributed by atoms with E-state index in [0.29, 0.717) is 13.1 Å². The maximum atomic E-state index is 12.2. The van der Waals surface area contributed by atoms with E-state index in [-0.39, 0.29) is 18.3 Å². The van der Waals surface area contributed by atoms with Gasteiger partial charge in [0.05, 0.1) is 13.7 Å². The van der Waals surface area contributed by atoms with E-state index in [1.54, 1.807) is 7.11 Å². The number of halogens is 2. The summed E-state index contributed by atoms with van der Waals surface area (Å²) in [4.78, 5) is 16.2. The van der Waals surface area contributed by atoms with Crippen molar-refractivity contribution >= 4 is 34.2 Å². The van der Waals surface area contributed by atoms with Crippen LogP contribution in [0.15, 0.2) is 22.7 Å². The summed E-state index contributed by atoms with van der Waals surface area (Å²) in [5.41, 5.74) is 1.12. The van der Waals surface area contributed by atoms with Crippen LogP contribution in [0.3, 0.4) is 0 Å². The van der Waals surface area contributed by atoms with E-state index in [0.717, 1.165) is 42.0 Å². The standard InChI is InChI=1S/C15H22BrN3O2.ClH/c1-18(11-15(20)19-7-5-17-6-8-19)10-12-9-13(21-2)3-4-14(12)16;/h3-4,9,17H,5-8,10-11H2,1-2H3;1H. The quantitative estimate of drug-likeness (QED) is 0.829. The number of piperazine rings is 1. The van der Waals surface area contributed by atoms with Crippen LogP contribution >= 0.6 is 28.3 Å². The van der Waals surface area contributed by atoms with Crippen LogP contribution in [0.2, 0.25) is 0 Å². The van der Waals surface area contributed by atoms with E-state index in [2.05, 4.69) is 21.2 Å². The highest BCUT2D eigenvalue weighted by atomic mass is 79.9. The second-order valence-corrected chi connectivity index (χ2v) is 6.11. The number of likely N-dealkylation sites (N-methyl/N-ethyl adjacent to an activating group) is 1. The molecular formula is C15H23BrClN3O2. The van der Waals surface area contributed by atoms with Crippen LogP contribution in [0.5, 0.6) is 5.75 Å². The molecule has 0 spiro atoms. The van der Waals surface area contributed by atoms with Gasteiger partial charge in [-0.25, -0.2) is 0 Å². The molecule has 1 aromatic carbocycles. The number of carbonyl (C=O) groups is 1. The smallest absolute Gasteiger partial charge is 0.236 e. The zero-order chi connectivity index (χ0) is 15.2. The van der Waals surface area contributed by atoms with Gasteiger partial charge in [-0.1, -0.05) is 15.9 Å². The number of nitrogens with one attached hydrogen (secondary N) is 1. The van der Waals surface area contributed by atoms with Crippen molar-refractivity contribution in [1.29, 1.82) is 0 Å². The van der Waals surface area contributed by atoms with Crippen LogP contribution in [-0.2, 0) is 11.3 Å². The molecule has 0 atom stereocenters. The fourth-order valence-corrected chi connectivity index (χ4v) is 2.76. The predicted octanol–water partition coefficient (Wildman–Crippen LogP) is 1.74. The second-order valence-electron chi connectivity index (χ2n) is 5.26.